The Labute approximate surface area is 306 Å². The number of imidazole rings is 1. The second kappa shape index (κ2) is 14.5. The molecule has 6 aromatic rings. The molecule has 0 saturated heterocycles. The summed E-state index contributed by atoms with van der Waals surface area (Å²) < 4.78 is 81.0. The zero-order valence-corrected chi connectivity index (χ0v) is 28.8. The molecule has 2 N–H and O–H groups in total. The Hall–Kier alpha value is -5.91. The molecular weight excluding hydrogens is 706 g/mol. The number of hydrogen-bond donors (Lipinski definition) is 2. The Morgan fingerprint density at radius 2 is 1.31 bits per heavy atom. The van der Waals surface area contributed by atoms with Gasteiger partial charge in [-0.1, -0.05) is 97.8 Å². The minimum atomic E-state index is -4.55. The number of halogens is 6. The first-order valence-electron chi connectivity index (χ1n) is 17.4. The highest BCUT2D eigenvalue weighted by atomic mass is 19.4. The number of nitrogens with one attached hydrogen (secondary N) is 2. The summed E-state index contributed by atoms with van der Waals surface area (Å²) in [5, 5.41) is 5.09. The maximum absolute atomic E-state index is 13.8. The normalized spacial score (nSPS) is 13.4. The summed E-state index contributed by atoms with van der Waals surface area (Å²) >= 11 is 0. The van der Waals surface area contributed by atoms with Crippen molar-refractivity contribution in [1.29, 1.82) is 0 Å². The summed E-state index contributed by atoms with van der Waals surface area (Å²) in [6.45, 7) is -0.856. The number of aryl methyl sites for hydroxylation is 1. The lowest BCUT2D eigenvalue weighted by molar-refractivity contribution is -0.141. The van der Waals surface area contributed by atoms with Gasteiger partial charge in [0.1, 0.15) is 17.5 Å². The van der Waals surface area contributed by atoms with Crippen molar-refractivity contribution in [2.24, 2.45) is 0 Å². The van der Waals surface area contributed by atoms with Crippen molar-refractivity contribution in [3.8, 4) is 22.3 Å². The number of fused-ring (bicyclic) bond motifs is 4. The molecule has 0 bridgehead atoms. The average molecular weight is 741 g/mol. The van der Waals surface area contributed by atoms with E-state index in [2.05, 4.69) is 15.6 Å². The van der Waals surface area contributed by atoms with Crippen LogP contribution in [-0.4, -0.2) is 34.1 Å². The lowest BCUT2D eigenvalue weighted by atomic mass is 9.73. The molecule has 0 saturated carbocycles. The number of carbonyl (C=O) groups is 2. The van der Waals surface area contributed by atoms with Gasteiger partial charge in [-0.15, -0.1) is 0 Å². The molecule has 7 rings (SSSR count). The van der Waals surface area contributed by atoms with Crippen LogP contribution in [0, 0.1) is 0 Å². The fraction of sp³-hybridized carbons (Fsp3) is 0.214. The summed E-state index contributed by atoms with van der Waals surface area (Å²) in [4.78, 5) is 31.9. The van der Waals surface area contributed by atoms with Crippen molar-refractivity contribution in [1.82, 2.24) is 14.9 Å². The molecule has 0 atom stereocenters. The fourth-order valence-corrected chi connectivity index (χ4v) is 7.46. The van der Waals surface area contributed by atoms with Gasteiger partial charge in [0.25, 0.3) is 5.91 Å². The Kier molecular flexibility index (Phi) is 9.78. The lowest BCUT2D eigenvalue weighted by Gasteiger charge is -2.31. The quantitative estimate of drug-likeness (QED) is 0.103. The smallest absolute Gasteiger partial charge is 0.346 e. The fourth-order valence-electron chi connectivity index (χ4n) is 7.46. The minimum absolute atomic E-state index is 0.283. The molecule has 12 heteroatoms. The first-order valence-corrected chi connectivity index (χ1v) is 17.4. The molecule has 5 aromatic carbocycles. The molecule has 1 aromatic heterocycles. The van der Waals surface area contributed by atoms with E-state index in [4.69, 9.17) is 0 Å². The summed E-state index contributed by atoms with van der Waals surface area (Å²) in [7, 11) is 0. The van der Waals surface area contributed by atoms with E-state index in [9.17, 15) is 35.9 Å². The van der Waals surface area contributed by atoms with Crippen LogP contribution in [0.1, 0.15) is 52.7 Å². The molecule has 1 aliphatic carbocycles. The van der Waals surface area contributed by atoms with Crippen molar-refractivity contribution in [2.45, 2.75) is 50.0 Å². The Morgan fingerprint density at radius 3 is 1.96 bits per heavy atom. The molecule has 0 aliphatic heterocycles. The van der Waals surface area contributed by atoms with Gasteiger partial charge in [-0.3, -0.25) is 9.59 Å². The summed E-state index contributed by atoms with van der Waals surface area (Å²) in [5.41, 5.74) is 4.03. The molecule has 0 radical (unpaired) electrons. The SMILES string of the molecule is O=C(Nc1cccc2c1ncn2CCCCCC1(C(=O)NCC(F)(F)F)c2ccccc2-c2ccccc21)c1ccccc1-c1ccc(C(F)(F)F)cc1. The van der Waals surface area contributed by atoms with Crippen molar-refractivity contribution < 1.29 is 35.9 Å². The number of carbonyl (C=O) groups excluding carboxylic acids is 2. The van der Waals surface area contributed by atoms with Crippen LogP contribution >= 0.6 is 0 Å². The third kappa shape index (κ3) is 7.07. The van der Waals surface area contributed by atoms with Gasteiger partial charge >= 0.3 is 12.4 Å². The number of anilines is 1. The van der Waals surface area contributed by atoms with Crippen LogP contribution in [0.4, 0.5) is 32.0 Å². The van der Waals surface area contributed by atoms with Crippen LogP contribution in [0.5, 0.6) is 0 Å². The molecule has 1 aliphatic rings. The molecule has 0 spiro atoms. The number of para-hydroxylation sites is 1. The zero-order chi connectivity index (χ0) is 38.1. The predicted octanol–water partition coefficient (Wildman–Crippen LogP) is 10.2. The van der Waals surface area contributed by atoms with Crippen LogP contribution in [0.15, 0.2) is 122 Å². The van der Waals surface area contributed by atoms with Gasteiger partial charge in [0.05, 0.1) is 23.1 Å². The predicted molar refractivity (Wildman–Crippen MR) is 195 cm³/mol. The molecular formula is C42H34F6N4O2. The van der Waals surface area contributed by atoms with E-state index < -0.39 is 41.7 Å². The summed E-state index contributed by atoms with van der Waals surface area (Å²) in [5.74, 6) is -1.12. The van der Waals surface area contributed by atoms with Crippen LogP contribution in [0.3, 0.4) is 0 Å². The molecule has 0 unspecified atom stereocenters. The Morgan fingerprint density at radius 1 is 0.685 bits per heavy atom. The highest BCUT2D eigenvalue weighted by molar-refractivity contribution is 6.11. The highest BCUT2D eigenvalue weighted by Crippen LogP contribution is 2.51. The number of hydrogen-bond acceptors (Lipinski definition) is 3. The zero-order valence-electron chi connectivity index (χ0n) is 28.8. The Bertz CT molecular complexity index is 2280. The van der Waals surface area contributed by atoms with Gasteiger partial charge in [-0.25, -0.2) is 4.98 Å². The second-order valence-electron chi connectivity index (χ2n) is 13.3. The third-order valence-corrected chi connectivity index (χ3v) is 9.95. The molecule has 1 heterocycles. The molecule has 276 valence electrons. The Balaban J connectivity index is 1.04. The van der Waals surface area contributed by atoms with Crippen LogP contribution in [0.25, 0.3) is 33.3 Å². The van der Waals surface area contributed by atoms with Crippen LogP contribution in [0.2, 0.25) is 0 Å². The second-order valence-corrected chi connectivity index (χ2v) is 13.3. The van der Waals surface area contributed by atoms with E-state index in [1.54, 1.807) is 54.9 Å². The number of alkyl halides is 6. The van der Waals surface area contributed by atoms with E-state index >= 15 is 0 Å². The van der Waals surface area contributed by atoms with Gasteiger partial charge in [0, 0.05) is 12.1 Å². The van der Waals surface area contributed by atoms with E-state index in [0.29, 0.717) is 65.7 Å². The molecule has 0 fully saturated rings. The number of amides is 2. The van der Waals surface area contributed by atoms with E-state index in [1.165, 1.54) is 12.1 Å². The van der Waals surface area contributed by atoms with Crippen molar-refractivity contribution in [2.75, 3.05) is 11.9 Å². The minimum Gasteiger partial charge on any atom is -0.346 e. The monoisotopic (exact) mass is 740 g/mol. The topological polar surface area (TPSA) is 76.0 Å². The first kappa shape index (κ1) is 36.4. The molecule has 2 amide bonds. The van der Waals surface area contributed by atoms with Crippen molar-refractivity contribution in [3.05, 3.63) is 144 Å². The largest absolute Gasteiger partial charge is 0.416 e. The maximum Gasteiger partial charge on any atom is 0.416 e. The van der Waals surface area contributed by atoms with Gasteiger partial charge in [-0.05, 0) is 76.6 Å². The third-order valence-electron chi connectivity index (χ3n) is 9.95. The standard InChI is InChI=1S/C42H34F6N4O2/c43-41(44,45)25-49-39(54)40(33-15-6-4-12-30(33)31-13-5-7-16-34(31)40)23-8-1-9-24-52-26-50-37-35(17-10-18-36(37)52)51-38(53)32-14-3-2-11-29(32)27-19-21-28(22-20-27)42(46,47)48/h2-7,10-22,26H,1,8-9,23-25H2,(H,49,54)(H,51,53). The summed E-state index contributed by atoms with van der Waals surface area (Å²) in [6, 6.07) is 31.4. The number of rotatable bonds is 11. The van der Waals surface area contributed by atoms with E-state index in [1.807, 2.05) is 47.0 Å². The number of aromatic nitrogens is 2. The number of benzene rings is 5. The van der Waals surface area contributed by atoms with Gasteiger partial charge in [0.15, 0.2) is 0 Å². The highest BCUT2D eigenvalue weighted by Gasteiger charge is 2.49. The number of nitrogens with zero attached hydrogens (tertiary/aromatic N) is 2. The van der Waals surface area contributed by atoms with Crippen LogP contribution < -0.4 is 10.6 Å². The number of unbranched alkanes of at least 4 members (excludes halogenated alkanes) is 2. The molecule has 6 nitrogen and oxygen atoms in total. The maximum atomic E-state index is 13.8. The van der Waals surface area contributed by atoms with E-state index in [0.717, 1.165) is 28.8 Å². The van der Waals surface area contributed by atoms with Crippen molar-refractivity contribution in [3.63, 3.8) is 0 Å². The lowest BCUT2D eigenvalue weighted by Crippen LogP contribution is -2.47. The van der Waals surface area contributed by atoms with Gasteiger partial charge in [0.2, 0.25) is 5.91 Å². The first-order chi connectivity index (χ1) is 25.9. The van der Waals surface area contributed by atoms with Gasteiger partial charge in [-0.2, -0.15) is 26.3 Å². The van der Waals surface area contributed by atoms with Gasteiger partial charge < -0.3 is 15.2 Å². The average Bonchev–Trinajstić information content (AvgIpc) is 3.71. The summed E-state index contributed by atoms with van der Waals surface area (Å²) in [6.07, 6.45) is -5.11. The van der Waals surface area contributed by atoms with Crippen molar-refractivity contribution >= 4 is 28.5 Å². The molecule has 54 heavy (non-hydrogen) atoms. The van der Waals surface area contributed by atoms with E-state index in [-0.39, 0.29) is 5.56 Å². The van der Waals surface area contributed by atoms with Crippen LogP contribution in [-0.2, 0) is 22.9 Å².